The van der Waals surface area contributed by atoms with Gasteiger partial charge in [-0.3, -0.25) is 4.79 Å². The monoisotopic (exact) mass is 295 g/mol. The summed E-state index contributed by atoms with van der Waals surface area (Å²) in [6.07, 6.45) is 7.75. The van der Waals surface area contributed by atoms with E-state index in [-0.39, 0.29) is 23.6 Å². The molecule has 3 atom stereocenters. The second-order valence-electron chi connectivity index (χ2n) is 7.87. The van der Waals surface area contributed by atoms with Gasteiger partial charge in [-0.2, -0.15) is 0 Å². The van der Waals surface area contributed by atoms with Crippen molar-refractivity contribution in [2.24, 2.45) is 28.9 Å². The first-order valence-electron chi connectivity index (χ1n) is 8.42. The maximum absolute atomic E-state index is 11.8. The average molecular weight is 295 g/mol. The van der Waals surface area contributed by atoms with Crippen molar-refractivity contribution in [3.05, 3.63) is 0 Å². The molecule has 21 heavy (non-hydrogen) atoms. The summed E-state index contributed by atoms with van der Waals surface area (Å²) in [4.78, 5) is 11.8. The fourth-order valence-electron chi connectivity index (χ4n) is 5.82. The maximum atomic E-state index is 11.8. The molecule has 4 saturated carbocycles. The highest BCUT2D eigenvalue weighted by molar-refractivity contribution is 5.75. The van der Waals surface area contributed by atoms with E-state index < -0.39 is 6.04 Å². The van der Waals surface area contributed by atoms with Crippen molar-refractivity contribution >= 4 is 5.97 Å². The minimum Gasteiger partial charge on any atom is -0.459 e. The van der Waals surface area contributed by atoms with E-state index in [1.807, 2.05) is 6.92 Å². The first kappa shape index (κ1) is 15.3. The predicted molar refractivity (Wildman–Crippen MR) is 80.6 cm³/mol. The number of rotatable bonds is 5. The van der Waals surface area contributed by atoms with Crippen molar-refractivity contribution in [3.8, 4) is 0 Å². The number of ether oxygens (including phenoxy) is 2. The zero-order valence-electron chi connectivity index (χ0n) is 13.5. The molecular weight excluding hydrogens is 266 g/mol. The van der Waals surface area contributed by atoms with Gasteiger partial charge in [0.15, 0.2) is 0 Å². The summed E-state index contributed by atoms with van der Waals surface area (Å²) >= 11 is 0. The Bertz CT molecular complexity index is 372. The van der Waals surface area contributed by atoms with Crippen LogP contribution in [-0.4, -0.2) is 31.3 Å². The summed E-state index contributed by atoms with van der Waals surface area (Å²) in [5.41, 5.74) is 5.84. The Balaban J connectivity index is 1.75. The Labute approximate surface area is 127 Å². The van der Waals surface area contributed by atoms with Crippen LogP contribution in [0.2, 0.25) is 0 Å². The molecule has 0 aromatic rings. The molecule has 2 N–H and O–H groups in total. The number of hydrogen-bond donors (Lipinski definition) is 1. The van der Waals surface area contributed by atoms with Gasteiger partial charge in [-0.15, -0.1) is 0 Å². The average Bonchev–Trinajstić information content (AvgIpc) is 2.36. The van der Waals surface area contributed by atoms with Crippen LogP contribution in [-0.2, 0) is 14.3 Å². The highest BCUT2D eigenvalue weighted by atomic mass is 16.6. The van der Waals surface area contributed by atoms with Gasteiger partial charge in [0.1, 0.15) is 12.1 Å². The summed E-state index contributed by atoms with van der Waals surface area (Å²) < 4.78 is 11.4. The molecule has 0 aliphatic heterocycles. The van der Waals surface area contributed by atoms with Crippen molar-refractivity contribution in [2.45, 2.75) is 70.6 Å². The molecule has 0 heterocycles. The van der Waals surface area contributed by atoms with E-state index in [0.717, 1.165) is 17.8 Å². The minimum atomic E-state index is -0.568. The van der Waals surface area contributed by atoms with Crippen molar-refractivity contribution in [3.63, 3.8) is 0 Å². The van der Waals surface area contributed by atoms with Crippen LogP contribution in [0.5, 0.6) is 0 Å². The maximum Gasteiger partial charge on any atom is 0.322 e. The van der Waals surface area contributed by atoms with Gasteiger partial charge in [0, 0.05) is 12.5 Å². The summed E-state index contributed by atoms with van der Waals surface area (Å²) in [6.45, 7) is 3.63. The third kappa shape index (κ3) is 2.72. The number of nitrogens with two attached hydrogens (primary N) is 1. The largest absolute Gasteiger partial charge is 0.459 e. The molecule has 4 aliphatic rings. The lowest BCUT2D eigenvalue weighted by atomic mass is 9.47. The van der Waals surface area contributed by atoms with E-state index in [0.29, 0.717) is 0 Å². The van der Waals surface area contributed by atoms with Gasteiger partial charge >= 0.3 is 5.97 Å². The molecule has 0 amide bonds. The molecular formula is C17H29NO3. The third-order valence-corrected chi connectivity index (χ3v) is 6.04. The fraction of sp³-hybridized carbons (Fsp3) is 0.941. The van der Waals surface area contributed by atoms with E-state index in [1.54, 1.807) is 14.0 Å². The van der Waals surface area contributed by atoms with Crippen LogP contribution in [0.15, 0.2) is 0 Å². The Morgan fingerprint density at radius 3 is 1.95 bits per heavy atom. The molecule has 4 bridgehead atoms. The molecule has 0 aromatic carbocycles. The van der Waals surface area contributed by atoms with Crippen LogP contribution < -0.4 is 5.73 Å². The van der Waals surface area contributed by atoms with Crippen molar-refractivity contribution in [2.75, 3.05) is 7.11 Å². The van der Waals surface area contributed by atoms with E-state index in [4.69, 9.17) is 15.2 Å². The summed E-state index contributed by atoms with van der Waals surface area (Å²) in [5.74, 6) is 2.27. The van der Waals surface area contributed by atoms with E-state index in [2.05, 4.69) is 0 Å². The lowest BCUT2D eigenvalue weighted by Gasteiger charge is -2.59. The number of carbonyl (C=O) groups is 1. The smallest absolute Gasteiger partial charge is 0.322 e. The van der Waals surface area contributed by atoms with Crippen molar-refractivity contribution in [1.29, 1.82) is 0 Å². The van der Waals surface area contributed by atoms with Crippen LogP contribution in [0.4, 0.5) is 0 Å². The molecule has 0 spiro atoms. The normalized spacial score (nSPS) is 41.6. The van der Waals surface area contributed by atoms with Crippen LogP contribution in [0, 0.1) is 23.2 Å². The molecule has 4 rings (SSSR count). The first-order chi connectivity index (χ1) is 9.93. The SMILES string of the molecule is CO[C@@H]([C@H](C)OC(=O)[C@H](C)N)C12CC3CC(CC(C3)C1)C2. The minimum absolute atomic E-state index is 0.00796. The Morgan fingerprint density at radius 2 is 1.57 bits per heavy atom. The van der Waals surface area contributed by atoms with Crippen LogP contribution >= 0.6 is 0 Å². The molecule has 4 aliphatic carbocycles. The Hall–Kier alpha value is -0.610. The molecule has 4 fully saturated rings. The number of esters is 1. The Kier molecular flexibility index (Phi) is 4.04. The van der Waals surface area contributed by atoms with Crippen LogP contribution in [0.3, 0.4) is 0 Å². The van der Waals surface area contributed by atoms with Crippen molar-refractivity contribution < 1.29 is 14.3 Å². The van der Waals surface area contributed by atoms with E-state index in [1.165, 1.54) is 38.5 Å². The number of carbonyl (C=O) groups excluding carboxylic acids is 1. The molecule has 0 aromatic heterocycles. The molecule has 4 nitrogen and oxygen atoms in total. The van der Waals surface area contributed by atoms with E-state index >= 15 is 0 Å². The van der Waals surface area contributed by atoms with Crippen LogP contribution in [0.1, 0.15) is 52.4 Å². The van der Waals surface area contributed by atoms with Gasteiger partial charge in [0.2, 0.25) is 0 Å². The van der Waals surface area contributed by atoms with Gasteiger partial charge in [-0.05, 0) is 70.1 Å². The molecule has 0 unspecified atom stereocenters. The summed E-state index contributed by atoms with van der Waals surface area (Å²) in [7, 11) is 1.76. The molecule has 120 valence electrons. The zero-order valence-corrected chi connectivity index (χ0v) is 13.5. The third-order valence-electron chi connectivity index (χ3n) is 6.04. The topological polar surface area (TPSA) is 61.5 Å². The van der Waals surface area contributed by atoms with E-state index in [9.17, 15) is 4.79 Å². The second-order valence-corrected chi connectivity index (χ2v) is 7.87. The standard InChI is InChI=1S/C17H29NO3/c1-10(18)16(19)21-11(2)15(20-3)17-7-12-4-13(8-17)6-14(5-12)9-17/h10-15H,4-9,18H2,1-3H3/t10-,11-,12?,13?,14?,15-,17?/m0/s1. The second kappa shape index (κ2) is 5.54. The van der Waals surface area contributed by atoms with Gasteiger partial charge in [-0.1, -0.05) is 0 Å². The van der Waals surface area contributed by atoms with Gasteiger partial charge in [-0.25, -0.2) is 0 Å². The summed E-state index contributed by atoms with van der Waals surface area (Å²) in [6, 6.07) is -0.568. The fourth-order valence-corrected chi connectivity index (χ4v) is 5.82. The lowest BCUT2D eigenvalue weighted by molar-refractivity contribution is -0.184. The van der Waals surface area contributed by atoms with Gasteiger partial charge < -0.3 is 15.2 Å². The number of methoxy groups -OCH3 is 1. The van der Waals surface area contributed by atoms with Crippen molar-refractivity contribution in [1.82, 2.24) is 0 Å². The van der Waals surface area contributed by atoms with Gasteiger partial charge in [0.05, 0.1) is 6.10 Å². The number of hydrogen-bond acceptors (Lipinski definition) is 4. The molecule has 4 heteroatoms. The van der Waals surface area contributed by atoms with Gasteiger partial charge in [0.25, 0.3) is 0 Å². The molecule has 0 saturated heterocycles. The highest BCUT2D eigenvalue weighted by Gasteiger charge is 2.56. The molecule has 0 radical (unpaired) electrons. The summed E-state index contributed by atoms with van der Waals surface area (Å²) in [5, 5.41) is 0. The Morgan fingerprint density at radius 1 is 1.10 bits per heavy atom. The van der Waals surface area contributed by atoms with Crippen LogP contribution in [0.25, 0.3) is 0 Å². The first-order valence-corrected chi connectivity index (χ1v) is 8.42. The lowest BCUT2D eigenvalue weighted by Crippen LogP contribution is -2.56. The highest BCUT2D eigenvalue weighted by Crippen LogP contribution is 2.62. The zero-order chi connectivity index (χ0) is 15.2. The predicted octanol–water partition coefficient (Wildman–Crippen LogP) is 2.50. The quantitative estimate of drug-likeness (QED) is 0.792.